The van der Waals surface area contributed by atoms with Gasteiger partial charge < -0.3 is 19.4 Å². The SMILES string of the molecule is CCOC(=O)c1cc(C)n(CC(=O)O[C@@H](C)C(=O)Nc2ccc(C)c(F)c2)c1C. The van der Waals surface area contributed by atoms with Crippen molar-refractivity contribution in [2.24, 2.45) is 0 Å². The van der Waals surface area contributed by atoms with Gasteiger partial charge in [0, 0.05) is 17.1 Å². The van der Waals surface area contributed by atoms with E-state index in [9.17, 15) is 18.8 Å². The standard InChI is InChI=1S/C21H25FN2O5/c1-6-28-21(27)17-9-13(3)24(14(17)4)11-19(25)29-15(5)20(26)23-16-8-7-12(2)18(22)10-16/h7-10,15H,6,11H2,1-5H3,(H,23,26)/t15-/m0/s1. The second kappa shape index (κ2) is 9.36. The number of carbonyl (C=O) groups is 3. The van der Waals surface area contributed by atoms with E-state index in [-0.39, 0.29) is 18.8 Å². The van der Waals surface area contributed by atoms with E-state index in [2.05, 4.69) is 5.32 Å². The zero-order valence-electron chi connectivity index (χ0n) is 17.2. The van der Waals surface area contributed by atoms with Crippen LogP contribution in [0.25, 0.3) is 0 Å². The van der Waals surface area contributed by atoms with Crippen molar-refractivity contribution >= 4 is 23.5 Å². The van der Waals surface area contributed by atoms with Crippen LogP contribution in [0.1, 0.15) is 41.2 Å². The summed E-state index contributed by atoms with van der Waals surface area (Å²) in [6.45, 7) is 8.31. The minimum atomic E-state index is -1.08. The third-order valence-electron chi connectivity index (χ3n) is 4.47. The average Bonchev–Trinajstić information content (AvgIpc) is 2.93. The average molecular weight is 404 g/mol. The molecule has 1 heterocycles. The monoisotopic (exact) mass is 404 g/mol. The number of aromatic nitrogens is 1. The minimum absolute atomic E-state index is 0.159. The maximum atomic E-state index is 13.6. The summed E-state index contributed by atoms with van der Waals surface area (Å²) in [5.74, 6) is -2.11. The van der Waals surface area contributed by atoms with Crippen LogP contribution >= 0.6 is 0 Å². The maximum Gasteiger partial charge on any atom is 0.339 e. The number of carbonyl (C=O) groups excluding carboxylic acids is 3. The van der Waals surface area contributed by atoms with E-state index in [0.29, 0.717) is 22.5 Å². The van der Waals surface area contributed by atoms with Crippen molar-refractivity contribution in [2.75, 3.05) is 11.9 Å². The predicted octanol–water partition coefficient (Wildman–Crippen LogP) is 3.30. The summed E-state index contributed by atoms with van der Waals surface area (Å²) in [7, 11) is 0. The lowest BCUT2D eigenvalue weighted by molar-refractivity contribution is -0.153. The van der Waals surface area contributed by atoms with E-state index in [1.165, 1.54) is 13.0 Å². The molecule has 2 rings (SSSR count). The first kappa shape index (κ1) is 22.1. The third kappa shape index (κ3) is 5.43. The van der Waals surface area contributed by atoms with Crippen LogP contribution in [-0.2, 0) is 25.6 Å². The van der Waals surface area contributed by atoms with Crippen molar-refractivity contribution in [1.82, 2.24) is 4.57 Å². The van der Waals surface area contributed by atoms with Gasteiger partial charge in [-0.3, -0.25) is 9.59 Å². The van der Waals surface area contributed by atoms with Crippen molar-refractivity contribution < 1.29 is 28.2 Å². The van der Waals surface area contributed by atoms with Crippen LogP contribution in [0.15, 0.2) is 24.3 Å². The summed E-state index contributed by atoms with van der Waals surface area (Å²) in [5.41, 5.74) is 2.38. The smallest absolute Gasteiger partial charge is 0.339 e. The number of halogens is 1. The first-order chi connectivity index (χ1) is 13.6. The first-order valence-corrected chi connectivity index (χ1v) is 9.24. The molecule has 7 nitrogen and oxygen atoms in total. The number of hydrogen-bond acceptors (Lipinski definition) is 5. The number of aryl methyl sites for hydroxylation is 2. The Kier molecular flexibility index (Phi) is 7.14. The van der Waals surface area contributed by atoms with Gasteiger partial charge in [-0.1, -0.05) is 6.07 Å². The summed E-state index contributed by atoms with van der Waals surface area (Å²) < 4.78 is 25.4. The molecular weight excluding hydrogens is 379 g/mol. The number of ether oxygens (including phenoxy) is 2. The third-order valence-corrected chi connectivity index (χ3v) is 4.47. The van der Waals surface area contributed by atoms with Crippen LogP contribution < -0.4 is 5.32 Å². The van der Waals surface area contributed by atoms with Crippen LogP contribution in [0.5, 0.6) is 0 Å². The molecule has 0 radical (unpaired) electrons. The molecule has 8 heteroatoms. The summed E-state index contributed by atoms with van der Waals surface area (Å²) in [4.78, 5) is 36.5. The summed E-state index contributed by atoms with van der Waals surface area (Å²) in [6.07, 6.45) is -1.08. The van der Waals surface area contributed by atoms with Crippen molar-refractivity contribution in [3.63, 3.8) is 0 Å². The number of anilines is 1. The van der Waals surface area contributed by atoms with E-state index in [4.69, 9.17) is 9.47 Å². The van der Waals surface area contributed by atoms with Gasteiger partial charge in [-0.2, -0.15) is 0 Å². The fourth-order valence-electron chi connectivity index (χ4n) is 2.79. The molecule has 1 amide bonds. The van der Waals surface area contributed by atoms with E-state index in [0.717, 1.165) is 0 Å². The second-order valence-electron chi connectivity index (χ2n) is 6.68. The molecule has 1 N–H and O–H groups in total. The van der Waals surface area contributed by atoms with Crippen molar-refractivity contribution in [3.8, 4) is 0 Å². The molecule has 0 unspecified atom stereocenters. The van der Waals surface area contributed by atoms with E-state index >= 15 is 0 Å². The molecule has 0 spiro atoms. The molecule has 0 saturated carbocycles. The normalized spacial score (nSPS) is 11.7. The molecule has 0 saturated heterocycles. The van der Waals surface area contributed by atoms with Crippen molar-refractivity contribution in [1.29, 1.82) is 0 Å². The quantitative estimate of drug-likeness (QED) is 0.716. The second-order valence-corrected chi connectivity index (χ2v) is 6.68. The Labute approximate surface area is 168 Å². The van der Waals surface area contributed by atoms with Crippen LogP contribution in [0, 0.1) is 26.6 Å². The molecule has 2 aromatic rings. The van der Waals surface area contributed by atoms with Gasteiger partial charge in [-0.15, -0.1) is 0 Å². The Bertz CT molecular complexity index is 935. The Balaban J connectivity index is 2.00. The Morgan fingerprint density at radius 3 is 2.48 bits per heavy atom. The highest BCUT2D eigenvalue weighted by Crippen LogP contribution is 2.17. The highest BCUT2D eigenvalue weighted by atomic mass is 19.1. The molecule has 1 aromatic carbocycles. The number of esters is 2. The fourth-order valence-corrected chi connectivity index (χ4v) is 2.79. The van der Waals surface area contributed by atoms with Crippen LogP contribution in [-0.4, -0.2) is 35.1 Å². The lowest BCUT2D eigenvalue weighted by Gasteiger charge is -2.15. The van der Waals surface area contributed by atoms with Gasteiger partial charge in [0.25, 0.3) is 5.91 Å². The van der Waals surface area contributed by atoms with Gasteiger partial charge in [0.2, 0.25) is 0 Å². The molecule has 1 aromatic heterocycles. The molecule has 1 atom stereocenters. The van der Waals surface area contributed by atoms with Crippen molar-refractivity contribution in [2.45, 2.75) is 47.3 Å². The zero-order valence-corrected chi connectivity index (χ0v) is 17.2. The highest BCUT2D eigenvalue weighted by Gasteiger charge is 2.22. The number of hydrogen-bond donors (Lipinski definition) is 1. The lowest BCUT2D eigenvalue weighted by atomic mass is 10.2. The van der Waals surface area contributed by atoms with E-state index < -0.39 is 29.8 Å². The van der Waals surface area contributed by atoms with Gasteiger partial charge >= 0.3 is 11.9 Å². The molecule has 156 valence electrons. The van der Waals surface area contributed by atoms with Crippen LogP contribution in [0.3, 0.4) is 0 Å². The molecule has 29 heavy (non-hydrogen) atoms. The molecule has 0 aliphatic rings. The summed E-state index contributed by atoms with van der Waals surface area (Å²) in [6, 6.07) is 5.95. The molecule has 0 aliphatic heterocycles. The van der Waals surface area contributed by atoms with Gasteiger partial charge in [0.05, 0.1) is 12.2 Å². The molecule has 0 aliphatic carbocycles. The number of nitrogens with zero attached hydrogens (tertiary/aromatic N) is 1. The number of amides is 1. The molecule has 0 bridgehead atoms. The molecular formula is C21H25FN2O5. The van der Waals surface area contributed by atoms with Crippen molar-refractivity contribution in [3.05, 3.63) is 52.6 Å². The number of nitrogens with one attached hydrogen (secondary N) is 1. The van der Waals surface area contributed by atoms with Gasteiger partial charge in [-0.25, -0.2) is 9.18 Å². The summed E-state index contributed by atoms with van der Waals surface area (Å²) in [5, 5.41) is 2.51. The zero-order chi connectivity index (χ0) is 21.7. The van der Waals surface area contributed by atoms with Gasteiger partial charge in [-0.05, 0) is 58.4 Å². The fraction of sp³-hybridized carbons (Fsp3) is 0.381. The van der Waals surface area contributed by atoms with Crippen LogP contribution in [0.2, 0.25) is 0 Å². The number of rotatable bonds is 7. The maximum absolute atomic E-state index is 13.6. The van der Waals surface area contributed by atoms with Gasteiger partial charge in [0.1, 0.15) is 12.4 Å². The Morgan fingerprint density at radius 1 is 1.17 bits per heavy atom. The Morgan fingerprint density at radius 2 is 1.86 bits per heavy atom. The topological polar surface area (TPSA) is 86.6 Å². The number of benzene rings is 1. The van der Waals surface area contributed by atoms with E-state index in [1.807, 2.05) is 0 Å². The summed E-state index contributed by atoms with van der Waals surface area (Å²) >= 11 is 0. The largest absolute Gasteiger partial charge is 0.462 e. The Hall–Kier alpha value is -3.16. The van der Waals surface area contributed by atoms with Gasteiger partial charge in [0.15, 0.2) is 6.10 Å². The highest BCUT2D eigenvalue weighted by molar-refractivity contribution is 5.95. The molecule has 0 fully saturated rings. The van der Waals surface area contributed by atoms with E-state index in [1.54, 1.807) is 50.5 Å². The van der Waals surface area contributed by atoms with Crippen LogP contribution in [0.4, 0.5) is 10.1 Å². The minimum Gasteiger partial charge on any atom is -0.462 e. The first-order valence-electron chi connectivity index (χ1n) is 9.24. The predicted molar refractivity (Wildman–Crippen MR) is 105 cm³/mol. The lowest BCUT2D eigenvalue weighted by Crippen LogP contribution is -2.31.